The molecule has 0 saturated heterocycles. The third-order valence-electron chi connectivity index (χ3n) is 4.11. The summed E-state index contributed by atoms with van der Waals surface area (Å²) in [4.78, 5) is 12.4. The molecule has 1 heterocycles. The van der Waals surface area contributed by atoms with Crippen molar-refractivity contribution in [2.75, 3.05) is 0 Å². The van der Waals surface area contributed by atoms with E-state index in [2.05, 4.69) is 15.9 Å². The lowest BCUT2D eigenvalue weighted by atomic mass is 9.91. The second-order valence-corrected chi connectivity index (χ2v) is 6.55. The molecule has 3 nitrogen and oxygen atoms in total. The summed E-state index contributed by atoms with van der Waals surface area (Å²) in [5.74, 6) is 0.759. The van der Waals surface area contributed by atoms with Crippen molar-refractivity contribution < 1.29 is 9.52 Å². The molecular weight excluding hydrogens is 332 g/mol. The van der Waals surface area contributed by atoms with Crippen LogP contribution in [0.4, 0.5) is 0 Å². The highest BCUT2D eigenvalue weighted by Crippen LogP contribution is 2.38. The van der Waals surface area contributed by atoms with Crippen molar-refractivity contribution in [3.63, 3.8) is 0 Å². The minimum atomic E-state index is -0.443. The van der Waals surface area contributed by atoms with Crippen LogP contribution in [0.15, 0.2) is 25.8 Å². The Morgan fingerprint density at radius 2 is 1.71 bits per heavy atom. The molecule has 0 radical (unpaired) electrons. The van der Waals surface area contributed by atoms with Gasteiger partial charge in [0.05, 0.1) is 0 Å². The fourth-order valence-electron chi connectivity index (χ4n) is 3.18. The van der Waals surface area contributed by atoms with Gasteiger partial charge >= 0.3 is 5.63 Å². The standard InChI is InChI=1S/C17H17BrO3/c1-9-7-11(18)8-10(2)14(9)15-16(19)12-5-3-4-6-13(12)21-17(15)20/h7-8,19H,3-6H2,1-2H3. The maximum absolute atomic E-state index is 12.4. The van der Waals surface area contributed by atoms with Crippen molar-refractivity contribution in [2.24, 2.45) is 0 Å². The lowest BCUT2D eigenvalue weighted by molar-refractivity contribution is 0.396. The highest BCUT2D eigenvalue weighted by Gasteiger charge is 2.24. The van der Waals surface area contributed by atoms with Crippen molar-refractivity contribution in [2.45, 2.75) is 39.5 Å². The Morgan fingerprint density at radius 3 is 2.38 bits per heavy atom. The van der Waals surface area contributed by atoms with Gasteiger partial charge in [0.1, 0.15) is 17.1 Å². The zero-order valence-electron chi connectivity index (χ0n) is 12.1. The maximum atomic E-state index is 12.4. The van der Waals surface area contributed by atoms with Crippen LogP contribution in [0, 0.1) is 13.8 Å². The predicted molar refractivity (Wildman–Crippen MR) is 85.9 cm³/mol. The SMILES string of the molecule is Cc1cc(Br)cc(C)c1-c1c(O)c2c(oc1=O)CCCC2. The summed E-state index contributed by atoms with van der Waals surface area (Å²) in [5.41, 5.74) is 3.33. The number of benzene rings is 1. The lowest BCUT2D eigenvalue weighted by Gasteiger charge is -2.18. The molecule has 0 amide bonds. The first-order valence-electron chi connectivity index (χ1n) is 7.14. The van der Waals surface area contributed by atoms with Crippen LogP contribution in [0.25, 0.3) is 11.1 Å². The summed E-state index contributed by atoms with van der Waals surface area (Å²) in [6.45, 7) is 3.87. The van der Waals surface area contributed by atoms with Crippen LogP contribution in [0.2, 0.25) is 0 Å². The van der Waals surface area contributed by atoms with Crippen molar-refractivity contribution in [3.05, 3.63) is 49.5 Å². The second kappa shape index (κ2) is 5.34. The van der Waals surface area contributed by atoms with Crippen LogP contribution < -0.4 is 5.63 Å². The molecule has 3 rings (SSSR count). The first-order chi connectivity index (χ1) is 9.99. The minimum absolute atomic E-state index is 0.106. The topological polar surface area (TPSA) is 50.4 Å². The third kappa shape index (κ3) is 2.42. The van der Waals surface area contributed by atoms with Crippen molar-refractivity contribution in [1.82, 2.24) is 0 Å². The predicted octanol–water partition coefficient (Wildman–Crippen LogP) is 4.27. The fraction of sp³-hybridized carbons (Fsp3) is 0.353. The van der Waals surface area contributed by atoms with Gasteiger partial charge in [-0.2, -0.15) is 0 Å². The summed E-state index contributed by atoms with van der Waals surface area (Å²) < 4.78 is 6.44. The molecule has 0 aliphatic heterocycles. The number of hydrogen-bond donors (Lipinski definition) is 1. The average molecular weight is 349 g/mol. The quantitative estimate of drug-likeness (QED) is 0.836. The summed E-state index contributed by atoms with van der Waals surface area (Å²) in [6, 6.07) is 3.89. The second-order valence-electron chi connectivity index (χ2n) is 5.64. The van der Waals surface area contributed by atoms with Crippen LogP contribution in [0.5, 0.6) is 5.75 Å². The van der Waals surface area contributed by atoms with E-state index in [1.807, 2.05) is 26.0 Å². The molecule has 0 spiro atoms. The summed E-state index contributed by atoms with van der Waals surface area (Å²) in [5, 5.41) is 10.6. The van der Waals surface area contributed by atoms with Crippen molar-refractivity contribution in [3.8, 4) is 16.9 Å². The number of hydrogen-bond acceptors (Lipinski definition) is 3. The Hall–Kier alpha value is -1.55. The Balaban J connectivity index is 2.32. The molecule has 1 aliphatic rings. The van der Waals surface area contributed by atoms with E-state index in [9.17, 15) is 9.90 Å². The van der Waals surface area contributed by atoms with Gasteiger partial charge in [-0.05, 0) is 61.9 Å². The van der Waals surface area contributed by atoms with Crippen molar-refractivity contribution >= 4 is 15.9 Å². The Bertz CT molecular complexity index is 751. The molecule has 0 bridgehead atoms. The third-order valence-corrected chi connectivity index (χ3v) is 4.57. The zero-order valence-corrected chi connectivity index (χ0v) is 13.7. The van der Waals surface area contributed by atoms with Gasteiger partial charge in [-0.15, -0.1) is 0 Å². The van der Waals surface area contributed by atoms with E-state index in [1.165, 1.54) is 0 Å². The Labute approximate surface area is 131 Å². The Morgan fingerprint density at radius 1 is 1.10 bits per heavy atom. The van der Waals surface area contributed by atoms with E-state index < -0.39 is 5.63 Å². The van der Waals surface area contributed by atoms with Crippen LogP contribution in [-0.4, -0.2) is 5.11 Å². The molecule has 110 valence electrons. The molecule has 1 N–H and O–H groups in total. The molecule has 0 unspecified atom stereocenters. The zero-order chi connectivity index (χ0) is 15.1. The van der Waals surface area contributed by atoms with E-state index in [0.29, 0.717) is 11.3 Å². The highest BCUT2D eigenvalue weighted by atomic mass is 79.9. The Kier molecular flexibility index (Phi) is 3.66. The summed E-state index contributed by atoms with van der Waals surface area (Å²) in [6.07, 6.45) is 3.53. The van der Waals surface area contributed by atoms with E-state index in [0.717, 1.165) is 52.4 Å². The average Bonchev–Trinajstić information content (AvgIpc) is 2.41. The van der Waals surface area contributed by atoms with E-state index in [4.69, 9.17) is 4.42 Å². The number of rotatable bonds is 1. The van der Waals surface area contributed by atoms with Crippen LogP contribution >= 0.6 is 15.9 Å². The highest BCUT2D eigenvalue weighted by molar-refractivity contribution is 9.10. The molecule has 1 aliphatic carbocycles. The van der Waals surface area contributed by atoms with Gasteiger partial charge in [0, 0.05) is 16.5 Å². The monoisotopic (exact) mass is 348 g/mol. The molecule has 0 fully saturated rings. The molecule has 2 aromatic rings. The van der Waals surface area contributed by atoms with Gasteiger partial charge < -0.3 is 9.52 Å². The van der Waals surface area contributed by atoms with Crippen molar-refractivity contribution in [1.29, 1.82) is 0 Å². The van der Waals surface area contributed by atoms with E-state index >= 15 is 0 Å². The van der Waals surface area contributed by atoms with Crippen LogP contribution in [-0.2, 0) is 12.8 Å². The molecule has 4 heteroatoms. The first kappa shape index (κ1) is 14.4. The van der Waals surface area contributed by atoms with Gasteiger partial charge in [0.15, 0.2) is 0 Å². The fourth-order valence-corrected chi connectivity index (χ4v) is 3.86. The number of halogens is 1. The molecule has 0 saturated carbocycles. The van der Waals surface area contributed by atoms with Gasteiger partial charge in [-0.3, -0.25) is 0 Å². The van der Waals surface area contributed by atoms with E-state index in [-0.39, 0.29) is 5.75 Å². The molecule has 1 aromatic carbocycles. The van der Waals surface area contributed by atoms with Crippen LogP contribution in [0.3, 0.4) is 0 Å². The molecular formula is C17H17BrO3. The van der Waals surface area contributed by atoms with Gasteiger partial charge in [0.2, 0.25) is 0 Å². The maximum Gasteiger partial charge on any atom is 0.347 e. The smallest absolute Gasteiger partial charge is 0.347 e. The molecule has 0 atom stereocenters. The minimum Gasteiger partial charge on any atom is -0.507 e. The lowest BCUT2D eigenvalue weighted by Crippen LogP contribution is -2.13. The summed E-state index contributed by atoms with van der Waals surface area (Å²) in [7, 11) is 0. The largest absolute Gasteiger partial charge is 0.507 e. The number of aryl methyl sites for hydroxylation is 3. The number of aromatic hydroxyl groups is 1. The van der Waals surface area contributed by atoms with Gasteiger partial charge in [0.25, 0.3) is 0 Å². The molecule has 21 heavy (non-hydrogen) atoms. The van der Waals surface area contributed by atoms with Gasteiger partial charge in [-0.25, -0.2) is 4.79 Å². The normalized spacial score (nSPS) is 14.0. The van der Waals surface area contributed by atoms with Crippen LogP contribution in [0.1, 0.15) is 35.3 Å². The summed E-state index contributed by atoms with van der Waals surface area (Å²) >= 11 is 3.45. The van der Waals surface area contributed by atoms with Gasteiger partial charge in [-0.1, -0.05) is 15.9 Å². The first-order valence-corrected chi connectivity index (χ1v) is 7.93. The van der Waals surface area contributed by atoms with E-state index in [1.54, 1.807) is 0 Å². The number of fused-ring (bicyclic) bond motifs is 1. The molecule has 1 aromatic heterocycles.